The van der Waals surface area contributed by atoms with Crippen molar-refractivity contribution in [3.05, 3.63) is 51.0 Å². The summed E-state index contributed by atoms with van der Waals surface area (Å²) in [4.78, 5) is 19.8. The number of rotatable bonds is 3. The molecule has 1 aliphatic carbocycles. The molecule has 1 aliphatic rings. The molecule has 0 radical (unpaired) electrons. The van der Waals surface area contributed by atoms with E-state index in [1.165, 1.54) is 16.6 Å². The molecule has 3 aromatic rings. The summed E-state index contributed by atoms with van der Waals surface area (Å²) in [5.41, 5.74) is 2.69. The van der Waals surface area contributed by atoms with E-state index in [1.54, 1.807) is 11.3 Å². The van der Waals surface area contributed by atoms with Crippen LogP contribution >= 0.6 is 23.1 Å². The number of aromatic nitrogens is 2. The number of hydrogen-bond donors (Lipinski definition) is 0. The van der Waals surface area contributed by atoms with Crippen molar-refractivity contribution in [2.24, 2.45) is 0 Å². The normalized spacial score (nSPS) is 13.6. The van der Waals surface area contributed by atoms with Crippen LogP contribution in [-0.2, 0) is 12.8 Å². The Morgan fingerprint density at radius 1 is 1.25 bits per heavy atom. The molecule has 0 fully saturated rings. The summed E-state index contributed by atoms with van der Waals surface area (Å²) in [5.74, 6) is 3.18. The number of thioether (sulfide) groups is 1. The summed E-state index contributed by atoms with van der Waals surface area (Å²) in [6, 6.07) is 10.1. The third kappa shape index (κ3) is 2.56. The van der Waals surface area contributed by atoms with Crippen LogP contribution in [0.5, 0.6) is 0 Å². The number of aryl methyl sites for hydroxylation is 1. The molecule has 0 aliphatic heterocycles. The maximum Gasteiger partial charge on any atom is 0.211 e. The minimum atomic E-state index is 0.107. The quantitative estimate of drug-likeness (QED) is 0.527. The first kappa shape index (κ1) is 15.5. The Morgan fingerprint density at radius 3 is 2.83 bits per heavy atom. The summed E-state index contributed by atoms with van der Waals surface area (Å²) >= 11 is 3.22. The molecule has 1 aromatic carbocycles. The Labute approximate surface area is 148 Å². The molecular weight excluding hydrogens is 336 g/mol. The van der Waals surface area contributed by atoms with Crippen molar-refractivity contribution in [2.45, 2.75) is 30.8 Å². The second kappa shape index (κ2) is 6.46. The number of imidazole rings is 1. The van der Waals surface area contributed by atoms with Crippen LogP contribution in [0.1, 0.15) is 23.3 Å². The van der Waals surface area contributed by atoms with Crippen LogP contribution in [0.3, 0.4) is 0 Å². The number of hydrogen-bond acceptors (Lipinski definition) is 4. The Bertz CT molecular complexity index is 996. The second-order valence-electron chi connectivity index (χ2n) is 5.75. The van der Waals surface area contributed by atoms with Gasteiger partial charge in [0.05, 0.1) is 5.75 Å². The fourth-order valence-corrected chi connectivity index (χ4v) is 5.19. The van der Waals surface area contributed by atoms with Crippen LogP contribution in [0, 0.1) is 12.3 Å². The third-order valence-electron chi connectivity index (χ3n) is 4.23. The van der Waals surface area contributed by atoms with Crippen LogP contribution in [0.25, 0.3) is 16.0 Å². The Kier molecular flexibility index (Phi) is 4.17. The molecule has 0 saturated heterocycles. The topological polar surface area (TPSA) is 34.9 Å². The van der Waals surface area contributed by atoms with Crippen molar-refractivity contribution in [1.29, 1.82) is 0 Å². The number of terminal acetylenes is 1. The molecule has 0 saturated carbocycles. The summed E-state index contributed by atoms with van der Waals surface area (Å²) in [6.07, 6.45) is 9.56. The van der Waals surface area contributed by atoms with E-state index in [1.807, 2.05) is 30.3 Å². The molecule has 5 heteroatoms. The molecule has 0 N–H and O–H groups in total. The van der Waals surface area contributed by atoms with Crippen molar-refractivity contribution in [3.63, 3.8) is 0 Å². The number of fused-ring (bicyclic) bond motifs is 2. The molecule has 0 bridgehead atoms. The Morgan fingerprint density at radius 2 is 2.04 bits per heavy atom. The lowest BCUT2D eigenvalue weighted by Gasteiger charge is -2.14. The smallest absolute Gasteiger partial charge is 0.211 e. The molecule has 3 nitrogen and oxygen atoms in total. The number of para-hydroxylation sites is 1. The lowest BCUT2D eigenvalue weighted by molar-refractivity contribution is 0.692. The summed E-state index contributed by atoms with van der Waals surface area (Å²) in [6.45, 7) is 0. The van der Waals surface area contributed by atoms with E-state index in [9.17, 15) is 4.79 Å². The molecule has 24 heavy (non-hydrogen) atoms. The molecule has 2 heterocycles. The maximum absolute atomic E-state index is 12.9. The minimum Gasteiger partial charge on any atom is -0.287 e. The minimum absolute atomic E-state index is 0.107. The molecular formula is C19H16N2OS2. The molecule has 2 aromatic heterocycles. The van der Waals surface area contributed by atoms with Gasteiger partial charge in [0.2, 0.25) is 5.43 Å². The first-order valence-electron chi connectivity index (χ1n) is 7.98. The van der Waals surface area contributed by atoms with Crippen molar-refractivity contribution >= 4 is 33.4 Å². The van der Waals surface area contributed by atoms with Gasteiger partial charge in [-0.2, -0.15) is 0 Å². The van der Waals surface area contributed by atoms with Gasteiger partial charge in [0, 0.05) is 16.1 Å². The van der Waals surface area contributed by atoms with Gasteiger partial charge < -0.3 is 0 Å². The van der Waals surface area contributed by atoms with Crippen LogP contribution in [0.15, 0.2) is 40.3 Å². The Balaban J connectivity index is 2.02. The molecule has 0 atom stereocenters. The van der Waals surface area contributed by atoms with Gasteiger partial charge in [-0.1, -0.05) is 35.9 Å². The number of nitrogens with zero attached hydrogens (tertiary/aromatic N) is 2. The van der Waals surface area contributed by atoms with Crippen molar-refractivity contribution in [2.75, 3.05) is 5.75 Å². The average molecular weight is 352 g/mol. The van der Waals surface area contributed by atoms with Gasteiger partial charge in [-0.05, 0) is 37.8 Å². The predicted molar refractivity (Wildman–Crippen MR) is 101 cm³/mol. The fourth-order valence-electron chi connectivity index (χ4n) is 3.13. The van der Waals surface area contributed by atoms with E-state index in [-0.39, 0.29) is 5.43 Å². The van der Waals surface area contributed by atoms with Crippen molar-refractivity contribution < 1.29 is 0 Å². The Hall–Kier alpha value is -2.03. The molecule has 0 spiro atoms. The van der Waals surface area contributed by atoms with Crippen LogP contribution in [-0.4, -0.2) is 15.3 Å². The second-order valence-corrected chi connectivity index (χ2v) is 7.78. The largest absolute Gasteiger partial charge is 0.287 e. The summed E-state index contributed by atoms with van der Waals surface area (Å²) < 4.78 is 2.08. The van der Waals surface area contributed by atoms with Gasteiger partial charge in [0.1, 0.15) is 10.3 Å². The van der Waals surface area contributed by atoms with Gasteiger partial charge in [-0.15, -0.1) is 17.8 Å². The first-order valence-corrected chi connectivity index (χ1v) is 9.79. The highest BCUT2D eigenvalue weighted by atomic mass is 32.2. The maximum atomic E-state index is 12.9. The first-order chi connectivity index (χ1) is 11.8. The highest BCUT2D eigenvalue weighted by Gasteiger charge is 2.22. The van der Waals surface area contributed by atoms with Gasteiger partial charge in [-0.3, -0.25) is 9.36 Å². The van der Waals surface area contributed by atoms with Crippen molar-refractivity contribution in [3.8, 4) is 18.0 Å². The van der Waals surface area contributed by atoms with E-state index in [0.717, 1.165) is 46.9 Å². The molecule has 4 rings (SSSR count). The van der Waals surface area contributed by atoms with E-state index in [4.69, 9.17) is 6.42 Å². The summed E-state index contributed by atoms with van der Waals surface area (Å²) in [7, 11) is 0. The highest BCUT2D eigenvalue weighted by molar-refractivity contribution is 7.99. The lowest BCUT2D eigenvalue weighted by Crippen LogP contribution is -2.15. The SMILES string of the molecule is C#CCSc1nc2c(=O)c3c(sc2n1-c1ccccc1)CCCC3. The molecule has 120 valence electrons. The molecule has 0 amide bonds. The van der Waals surface area contributed by atoms with E-state index >= 15 is 0 Å². The monoisotopic (exact) mass is 352 g/mol. The fraction of sp³-hybridized carbons (Fsp3) is 0.263. The van der Waals surface area contributed by atoms with Crippen LogP contribution in [0.2, 0.25) is 0 Å². The zero-order valence-electron chi connectivity index (χ0n) is 13.1. The molecule has 0 unspecified atom stereocenters. The third-order valence-corrected chi connectivity index (χ3v) is 6.34. The van der Waals surface area contributed by atoms with Crippen LogP contribution in [0.4, 0.5) is 0 Å². The van der Waals surface area contributed by atoms with Gasteiger partial charge in [-0.25, -0.2) is 4.98 Å². The highest BCUT2D eigenvalue weighted by Crippen LogP contribution is 2.33. The van der Waals surface area contributed by atoms with E-state index in [0.29, 0.717) is 11.3 Å². The zero-order chi connectivity index (χ0) is 16.5. The van der Waals surface area contributed by atoms with Gasteiger partial charge in [0.15, 0.2) is 5.16 Å². The zero-order valence-corrected chi connectivity index (χ0v) is 14.8. The van der Waals surface area contributed by atoms with Crippen molar-refractivity contribution in [1.82, 2.24) is 9.55 Å². The standard InChI is InChI=1S/C19H16N2OS2/c1-2-12-23-19-20-16-17(22)14-10-6-7-11-15(14)24-18(16)21(19)13-8-4-3-5-9-13/h1,3-5,8-9H,6-7,10-12H2. The van der Waals surface area contributed by atoms with E-state index < -0.39 is 0 Å². The number of benzene rings is 1. The summed E-state index contributed by atoms with van der Waals surface area (Å²) in [5, 5.41) is 0.796. The predicted octanol–water partition coefficient (Wildman–Crippen LogP) is 4.05. The van der Waals surface area contributed by atoms with E-state index in [2.05, 4.69) is 15.5 Å². The van der Waals surface area contributed by atoms with Gasteiger partial charge in [0.25, 0.3) is 0 Å². The van der Waals surface area contributed by atoms with Gasteiger partial charge >= 0.3 is 0 Å². The lowest BCUT2D eigenvalue weighted by atomic mass is 9.98. The average Bonchev–Trinajstić information content (AvgIpc) is 2.99. The van der Waals surface area contributed by atoms with Crippen LogP contribution < -0.4 is 5.43 Å².